The maximum Gasteiger partial charge on any atom is 0.244 e. The Morgan fingerprint density at radius 3 is 2.60 bits per heavy atom. The third kappa shape index (κ3) is 2.48. The highest BCUT2D eigenvalue weighted by Crippen LogP contribution is 2.49. The van der Waals surface area contributed by atoms with Crippen LogP contribution < -0.4 is 10.5 Å². The van der Waals surface area contributed by atoms with E-state index in [1.54, 1.807) is 29.5 Å². The van der Waals surface area contributed by atoms with Gasteiger partial charge in [0.1, 0.15) is 11.6 Å². The number of ether oxygens (including phenoxy) is 1. The summed E-state index contributed by atoms with van der Waals surface area (Å²) in [7, 11) is 0. The van der Waals surface area contributed by atoms with Crippen molar-refractivity contribution in [3.8, 4) is 22.5 Å². The number of nitrogens with two attached hydrogens (primary N) is 1. The molecule has 3 N–H and O–H groups in total. The van der Waals surface area contributed by atoms with Gasteiger partial charge in [-0.3, -0.25) is 5.10 Å². The van der Waals surface area contributed by atoms with Crippen molar-refractivity contribution in [2.45, 2.75) is 5.92 Å². The molecule has 2 aromatic heterocycles. The molecule has 5 nitrogen and oxygen atoms in total. The van der Waals surface area contributed by atoms with Gasteiger partial charge >= 0.3 is 0 Å². The van der Waals surface area contributed by atoms with Crippen LogP contribution in [0, 0.1) is 11.3 Å². The smallest absolute Gasteiger partial charge is 0.244 e. The standard InChI is InChI=1S/C17H10Cl2N4OS/c18-9-3-1-4-10(19)13(9)12-8(7-20)16(21)24-17-14(12)15(22-23-17)11-5-2-6-25-11/h1-6,12H,21H2,(H,22,23)/t12-/m1/s1. The molecule has 25 heavy (non-hydrogen) atoms. The van der Waals surface area contributed by atoms with E-state index < -0.39 is 5.92 Å². The predicted molar refractivity (Wildman–Crippen MR) is 97.7 cm³/mol. The normalized spacial score (nSPS) is 16.3. The number of aromatic amines is 1. The van der Waals surface area contributed by atoms with Crippen molar-refractivity contribution in [3.05, 3.63) is 68.3 Å². The van der Waals surface area contributed by atoms with Crippen molar-refractivity contribution < 1.29 is 4.74 Å². The van der Waals surface area contributed by atoms with Crippen molar-refractivity contribution in [1.82, 2.24) is 10.2 Å². The van der Waals surface area contributed by atoms with Gasteiger partial charge in [-0.15, -0.1) is 16.4 Å². The van der Waals surface area contributed by atoms with Gasteiger partial charge in [0.2, 0.25) is 11.8 Å². The van der Waals surface area contributed by atoms with Gasteiger partial charge in [-0.05, 0) is 23.6 Å². The molecule has 0 unspecified atom stereocenters. The molecule has 0 bridgehead atoms. The van der Waals surface area contributed by atoms with E-state index in [-0.39, 0.29) is 11.5 Å². The lowest BCUT2D eigenvalue weighted by molar-refractivity contribution is 0.379. The number of rotatable bonds is 2. The van der Waals surface area contributed by atoms with Gasteiger partial charge in [-0.1, -0.05) is 35.3 Å². The van der Waals surface area contributed by atoms with Gasteiger partial charge in [0.15, 0.2) is 0 Å². The molecule has 124 valence electrons. The number of hydrogen-bond acceptors (Lipinski definition) is 5. The maximum absolute atomic E-state index is 9.68. The molecule has 1 aliphatic heterocycles. The first-order chi connectivity index (χ1) is 12.1. The molecule has 8 heteroatoms. The van der Waals surface area contributed by atoms with Gasteiger partial charge in [-0.25, -0.2) is 0 Å². The molecule has 3 aromatic rings. The molecule has 0 amide bonds. The van der Waals surface area contributed by atoms with Gasteiger partial charge < -0.3 is 10.5 Å². The summed E-state index contributed by atoms with van der Waals surface area (Å²) < 4.78 is 5.56. The first-order valence-electron chi connectivity index (χ1n) is 7.25. The predicted octanol–water partition coefficient (Wildman–Crippen LogP) is 4.66. The second kappa shape index (κ2) is 6.12. The van der Waals surface area contributed by atoms with Gasteiger partial charge in [0.25, 0.3) is 0 Å². The summed E-state index contributed by atoms with van der Waals surface area (Å²) in [4.78, 5) is 0.961. The topological polar surface area (TPSA) is 87.7 Å². The summed E-state index contributed by atoms with van der Waals surface area (Å²) in [6.07, 6.45) is 0. The Labute approximate surface area is 157 Å². The highest BCUT2D eigenvalue weighted by molar-refractivity contribution is 7.13. The van der Waals surface area contributed by atoms with Crippen LogP contribution in [-0.4, -0.2) is 10.2 Å². The largest absolute Gasteiger partial charge is 0.420 e. The minimum Gasteiger partial charge on any atom is -0.420 e. The average molecular weight is 389 g/mol. The van der Waals surface area contributed by atoms with Gasteiger partial charge in [0.05, 0.1) is 22.1 Å². The van der Waals surface area contributed by atoms with Crippen LogP contribution in [0.15, 0.2) is 47.2 Å². The number of nitrogens with zero attached hydrogens (tertiary/aromatic N) is 2. The molecular weight excluding hydrogens is 379 g/mol. The number of halogens is 2. The summed E-state index contributed by atoms with van der Waals surface area (Å²) in [5.41, 5.74) is 8.27. The van der Waals surface area contributed by atoms with Crippen molar-refractivity contribution in [2.24, 2.45) is 5.73 Å². The fraction of sp³-hybridized carbons (Fsp3) is 0.0588. The van der Waals surface area contributed by atoms with Crippen LogP contribution in [0.2, 0.25) is 10.0 Å². The number of benzene rings is 1. The van der Waals surface area contributed by atoms with Crippen LogP contribution in [0.5, 0.6) is 5.88 Å². The molecule has 0 saturated carbocycles. The number of nitrogens with one attached hydrogen (secondary N) is 1. The molecule has 4 rings (SSSR count). The fourth-order valence-electron chi connectivity index (χ4n) is 2.93. The zero-order valence-corrected chi connectivity index (χ0v) is 14.9. The highest BCUT2D eigenvalue weighted by atomic mass is 35.5. The third-order valence-corrected chi connectivity index (χ3v) is 5.54. The first kappa shape index (κ1) is 16.0. The molecule has 3 heterocycles. The van der Waals surface area contributed by atoms with E-state index in [1.807, 2.05) is 17.5 Å². The Balaban J connectivity index is 2.03. The summed E-state index contributed by atoms with van der Waals surface area (Å²) >= 11 is 14.4. The van der Waals surface area contributed by atoms with Gasteiger partial charge in [0, 0.05) is 15.6 Å². The summed E-state index contributed by atoms with van der Waals surface area (Å²) in [5, 5.41) is 19.7. The monoisotopic (exact) mass is 388 g/mol. The molecule has 1 aromatic carbocycles. The minimum atomic E-state index is -0.564. The van der Waals surface area contributed by atoms with Crippen molar-refractivity contribution in [1.29, 1.82) is 5.26 Å². The summed E-state index contributed by atoms with van der Waals surface area (Å²) in [6.45, 7) is 0. The van der Waals surface area contributed by atoms with E-state index in [9.17, 15) is 5.26 Å². The molecule has 0 spiro atoms. The Morgan fingerprint density at radius 1 is 1.20 bits per heavy atom. The lowest BCUT2D eigenvalue weighted by atomic mass is 9.83. The van der Waals surface area contributed by atoms with E-state index in [4.69, 9.17) is 33.7 Å². The molecule has 0 aliphatic carbocycles. The van der Waals surface area contributed by atoms with Gasteiger partial charge in [-0.2, -0.15) is 5.26 Å². The van der Waals surface area contributed by atoms with E-state index in [1.165, 1.54) is 0 Å². The average Bonchev–Trinajstić information content (AvgIpc) is 3.23. The Bertz CT molecular complexity index is 1010. The SMILES string of the molecule is N#CC1=C(N)Oc2n[nH]c(-c3cccs3)c2[C@H]1c1c(Cl)cccc1Cl. The minimum absolute atomic E-state index is 0.000200. The Hall–Kier alpha value is -2.46. The number of aromatic nitrogens is 2. The Morgan fingerprint density at radius 2 is 1.96 bits per heavy atom. The second-order valence-corrected chi connectivity index (χ2v) is 7.12. The van der Waals surface area contributed by atoms with E-state index in [0.717, 1.165) is 10.6 Å². The van der Waals surface area contributed by atoms with Crippen molar-refractivity contribution >= 4 is 34.5 Å². The summed E-state index contributed by atoms with van der Waals surface area (Å²) in [6, 6.07) is 11.2. The number of nitriles is 1. The lowest BCUT2D eigenvalue weighted by Crippen LogP contribution is -2.21. The number of thiophene rings is 1. The molecule has 0 radical (unpaired) electrons. The fourth-order valence-corrected chi connectivity index (χ4v) is 4.28. The molecule has 0 fully saturated rings. The second-order valence-electron chi connectivity index (χ2n) is 5.35. The molecule has 1 atom stereocenters. The highest BCUT2D eigenvalue weighted by Gasteiger charge is 2.37. The lowest BCUT2D eigenvalue weighted by Gasteiger charge is -2.25. The Kier molecular flexibility index (Phi) is 3.92. The number of hydrogen-bond donors (Lipinski definition) is 2. The number of allylic oxidation sites excluding steroid dienone is 1. The van der Waals surface area contributed by atoms with Crippen LogP contribution in [-0.2, 0) is 0 Å². The van der Waals surface area contributed by atoms with Crippen LogP contribution in [0.25, 0.3) is 10.6 Å². The van der Waals surface area contributed by atoms with E-state index in [2.05, 4.69) is 16.3 Å². The first-order valence-corrected chi connectivity index (χ1v) is 8.89. The van der Waals surface area contributed by atoms with E-state index >= 15 is 0 Å². The summed E-state index contributed by atoms with van der Waals surface area (Å²) in [5.74, 6) is -0.244. The molecular formula is C17H10Cl2N4OS. The van der Waals surface area contributed by atoms with Crippen LogP contribution in [0.1, 0.15) is 17.0 Å². The van der Waals surface area contributed by atoms with E-state index in [0.29, 0.717) is 27.1 Å². The third-order valence-electron chi connectivity index (χ3n) is 3.99. The quantitative estimate of drug-likeness (QED) is 0.667. The number of fused-ring (bicyclic) bond motifs is 1. The molecule has 1 aliphatic rings. The van der Waals surface area contributed by atoms with Crippen molar-refractivity contribution in [3.63, 3.8) is 0 Å². The number of H-pyrrole nitrogens is 1. The van der Waals surface area contributed by atoms with Crippen LogP contribution in [0.3, 0.4) is 0 Å². The zero-order valence-electron chi connectivity index (χ0n) is 12.6. The van der Waals surface area contributed by atoms with Crippen LogP contribution in [0.4, 0.5) is 0 Å². The molecule has 0 saturated heterocycles. The zero-order chi connectivity index (χ0) is 17.6. The van der Waals surface area contributed by atoms with Crippen LogP contribution >= 0.6 is 34.5 Å². The van der Waals surface area contributed by atoms with Crippen molar-refractivity contribution in [2.75, 3.05) is 0 Å². The maximum atomic E-state index is 9.68.